The highest BCUT2D eigenvalue weighted by Gasteiger charge is 2.27. The van der Waals surface area contributed by atoms with Gasteiger partial charge in [0.05, 0.1) is 33.3 Å². The van der Waals surface area contributed by atoms with E-state index < -0.39 is 11.6 Å². The van der Waals surface area contributed by atoms with Crippen molar-refractivity contribution < 1.29 is 18.0 Å². The van der Waals surface area contributed by atoms with E-state index in [9.17, 15) is 8.78 Å². The van der Waals surface area contributed by atoms with Gasteiger partial charge in [0.25, 0.3) is 0 Å². The fraction of sp³-hybridized carbons (Fsp3) is 0.600. The van der Waals surface area contributed by atoms with E-state index in [4.69, 9.17) is 10.5 Å². The van der Waals surface area contributed by atoms with E-state index in [1.165, 1.54) is 6.07 Å². The number of nitrogens with two attached hydrogens (primary N) is 1. The second-order valence-corrected chi connectivity index (χ2v) is 5.91. The molecule has 0 bridgehead atoms. The smallest absolute Gasteiger partial charge is 0.162 e. The zero-order chi connectivity index (χ0) is 14.6. The number of piperidine rings is 1. The van der Waals surface area contributed by atoms with Crippen LogP contribution in [-0.2, 0) is 0 Å². The fourth-order valence-corrected chi connectivity index (χ4v) is 2.64. The van der Waals surface area contributed by atoms with Gasteiger partial charge >= 0.3 is 0 Å². The van der Waals surface area contributed by atoms with Crippen molar-refractivity contribution in [2.45, 2.75) is 25.3 Å². The third-order valence-electron chi connectivity index (χ3n) is 4.08. The van der Waals surface area contributed by atoms with E-state index in [0.717, 1.165) is 55.5 Å². The standard InChI is InChI=1S/C15H23F2N2O/c1-19(8-5-12(18)6-9-19)7-2-10-20-13-3-4-14(16)15(17)11-13/h3-4,11-12H,2,5-10,18H2,1H3/q+1. The molecule has 0 unspecified atom stereocenters. The lowest BCUT2D eigenvalue weighted by Gasteiger charge is -2.39. The summed E-state index contributed by atoms with van der Waals surface area (Å²) in [7, 11) is 2.24. The highest BCUT2D eigenvalue weighted by Crippen LogP contribution is 2.18. The molecule has 2 rings (SSSR count). The van der Waals surface area contributed by atoms with Crippen LogP contribution in [0, 0.1) is 11.6 Å². The zero-order valence-electron chi connectivity index (χ0n) is 11.9. The van der Waals surface area contributed by atoms with Gasteiger partial charge in [0.15, 0.2) is 11.6 Å². The Bertz CT molecular complexity index is 445. The monoisotopic (exact) mass is 285 g/mol. The van der Waals surface area contributed by atoms with Crippen LogP contribution in [0.5, 0.6) is 5.75 Å². The van der Waals surface area contributed by atoms with Crippen LogP contribution in [0.1, 0.15) is 19.3 Å². The second-order valence-electron chi connectivity index (χ2n) is 5.91. The maximum atomic E-state index is 13.0. The van der Waals surface area contributed by atoms with Crippen LogP contribution in [0.3, 0.4) is 0 Å². The summed E-state index contributed by atoms with van der Waals surface area (Å²) in [5.74, 6) is -1.33. The Balaban J connectivity index is 1.72. The Morgan fingerprint density at radius 3 is 2.60 bits per heavy atom. The average Bonchev–Trinajstić information content (AvgIpc) is 2.43. The number of benzene rings is 1. The second kappa shape index (κ2) is 6.50. The number of nitrogens with zero attached hydrogens (tertiary/aromatic N) is 1. The maximum Gasteiger partial charge on any atom is 0.162 e. The molecule has 0 radical (unpaired) electrons. The lowest BCUT2D eigenvalue weighted by atomic mass is 10.0. The van der Waals surface area contributed by atoms with Crippen LogP contribution in [0.25, 0.3) is 0 Å². The summed E-state index contributed by atoms with van der Waals surface area (Å²) >= 11 is 0. The van der Waals surface area contributed by atoms with Gasteiger partial charge in [-0.2, -0.15) is 0 Å². The first-order valence-electron chi connectivity index (χ1n) is 7.15. The molecule has 1 heterocycles. The van der Waals surface area contributed by atoms with Crippen LogP contribution in [0.4, 0.5) is 8.78 Å². The first kappa shape index (κ1) is 15.2. The number of likely N-dealkylation sites (tertiary alicyclic amines) is 1. The summed E-state index contributed by atoms with van der Waals surface area (Å²) < 4.78 is 32.3. The molecule has 1 aliphatic heterocycles. The predicted octanol–water partition coefficient (Wildman–Crippen LogP) is 2.30. The van der Waals surface area contributed by atoms with Crippen LogP contribution < -0.4 is 10.5 Å². The molecule has 1 aromatic rings. The molecule has 1 fully saturated rings. The zero-order valence-corrected chi connectivity index (χ0v) is 11.9. The predicted molar refractivity (Wildman–Crippen MR) is 74.5 cm³/mol. The number of hydrogen-bond acceptors (Lipinski definition) is 2. The molecule has 0 atom stereocenters. The molecule has 1 aromatic carbocycles. The first-order chi connectivity index (χ1) is 9.48. The van der Waals surface area contributed by atoms with Crippen molar-refractivity contribution in [3.63, 3.8) is 0 Å². The van der Waals surface area contributed by atoms with Crippen molar-refractivity contribution in [3.8, 4) is 5.75 Å². The number of rotatable bonds is 5. The van der Waals surface area contributed by atoms with Crippen LogP contribution >= 0.6 is 0 Å². The lowest BCUT2D eigenvalue weighted by Crippen LogP contribution is -2.53. The normalized spacial score (nSPS) is 26.5. The van der Waals surface area contributed by atoms with E-state index in [-0.39, 0.29) is 0 Å². The van der Waals surface area contributed by atoms with Gasteiger partial charge in [-0.05, 0) is 12.1 Å². The molecular weight excluding hydrogens is 262 g/mol. The Morgan fingerprint density at radius 1 is 1.25 bits per heavy atom. The van der Waals surface area contributed by atoms with Gasteiger partial charge in [-0.1, -0.05) is 0 Å². The molecule has 0 amide bonds. The Kier molecular flexibility index (Phi) is 4.94. The van der Waals surface area contributed by atoms with E-state index in [1.54, 1.807) is 0 Å². The van der Waals surface area contributed by atoms with Crippen molar-refractivity contribution in [1.82, 2.24) is 0 Å². The highest BCUT2D eigenvalue weighted by molar-refractivity contribution is 5.23. The van der Waals surface area contributed by atoms with Crippen molar-refractivity contribution >= 4 is 0 Å². The molecule has 0 saturated carbocycles. The van der Waals surface area contributed by atoms with Crippen molar-refractivity contribution in [2.75, 3.05) is 33.3 Å². The minimum absolute atomic E-state index is 0.347. The van der Waals surface area contributed by atoms with Gasteiger partial charge in [0.2, 0.25) is 0 Å². The molecule has 2 N–H and O–H groups in total. The molecule has 0 aromatic heterocycles. The molecular formula is C15H23F2N2O+. The third kappa shape index (κ3) is 4.15. The topological polar surface area (TPSA) is 35.2 Å². The molecule has 0 spiro atoms. The van der Waals surface area contributed by atoms with E-state index in [0.29, 0.717) is 18.4 Å². The summed E-state index contributed by atoms with van der Waals surface area (Å²) in [5, 5.41) is 0. The third-order valence-corrected chi connectivity index (χ3v) is 4.08. The van der Waals surface area contributed by atoms with Crippen molar-refractivity contribution in [1.29, 1.82) is 0 Å². The SMILES string of the molecule is C[N+]1(CCCOc2ccc(F)c(F)c2)CCC(N)CC1. The number of ether oxygens (including phenoxy) is 1. The number of hydrogen-bond donors (Lipinski definition) is 1. The molecule has 0 aliphatic carbocycles. The van der Waals surface area contributed by atoms with Gasteiger partial charge in [-0.25, -0.2) is 8.78 Å². The van der Waals surface area contributed by atoms with Gasteiger partial charge in [-0.3, -0.25) is 0 Å². The van der Waals surface area contributed by atoms with Crippen molar-refractivity contribution in [3.05, 3.63) is 29.8 Å². The summed E-state index contributed by atoms with van der Waals surface area (Å²) in [5.41, 5.74) is 5.91. The van der Waals surface area contributed by atoms with Crippen LogP contribution in [0.2, 0.25) is 0 Å². The Labute approximate surface area is 118 Å². The van der Waals surface area contributed by atoms with Crippen LogP contribution in [-0.4, -0.2) is 43.8 Å². The summed E-state index contributed by atoms with van der Waals surface area (Å²) in [4.78, 5) is 0. The largest absolute Gasteiger partial charge is 0.493 e. The molecule has 5 heteroatoms. The summed E-state index contributed by atoms with van der Waals surface area (Å²) in [6, 6.07) is 3.98. The summed E-state index contributed by atoms with van der Waals surface area (Å²) in [6.07, 6.45) is 3.03. The fourth-order valence-electron chi connectivity index (χ4n) is 2.64. The molecule has 3 nitrogen and oxygen atoms in total. The van der Waals surface area contributed by atoms with Crippen molar-refractivity contribution in [2.24, 2.45) is 5.73 Å². The summed E-state index contributed by atoms with van der Waals surface area (Å²) in [6.45, 7) is 3.75. The molecule has 112 valence electrons. The lowest BCUT2D eigenvalue weighted by molar-refractivity contribution is -0.914. The highest BCUT2D eigenvalue weighted by atomic mass is 19.2. The number of quaternary nitrogens is 1. The first-order valence-corrected chi connectivity index (χ1v) is 7.15. The molecule has 1 saturated heterocycles. The maximum absolute atomic E-state index is 13.0. The molecule has 1 aliphatic rings. The van der Waals surface area contributed by atoms with E-state index in [2.05, 4.69) is 7.05 Å². The number of halogens is 2. The van der Waals surface area contributed by atoms with E-state index in [1.807, 2.05) is 0 Å². The minimum atomic E-state index is -0.869. The van der Waals surface area contributed by atoms with Gasteiger partial charge < -0.3 is 15.0 Å². The Hall–Kier alpha value is -1.20. The van der Waals surface area contributed by atoms with E-state index >= 15 is 0 Å². The van der Waals surface area contributed by atoms with Gasteiger partial charge in [-0.15, -0.1) is 0 Å². The Morgan fingerprint density at radius 2 is 1.95 bits per heavy atom. The average molecular weight is 285 g/mol. The van der Waals surface area contributed by atoms with Gasteiger partial charge in [0.1, 0.15) is 5.75 Å². The quantitative estimate of drug-likeness (QED) is 0.665. The minimum Gasteiger partial charge on any atom is -0.493 e. The van der Waals surface area contributed by atoms with Crippen LogP contribution in [0.15, 0.2) is 18.2 Å². The molecule has 20 heavy (non-hydrogen) atoms. The van der Waals surface area contributed by atoms with Gasteiger partial charge in [0, 0.05) is 31.4 Å².